The molecule has 0 aliphatic rings. The third kappa shape index (κ3) is 64.1. The summed E-state index contributed by atoms with van der Waals surface area (Å²) in [6.45, 7) is 11.9. The summed E-state index contributed by atoms with van der Waals surface area (Å²) in [4.78, 5) is 22.9. The van der Waals surface area contributed by atoms with Crippen LogP contribution in [0.3, 0.4) is 0 Å². The molecule has 0 aromatic carbocycles. The zero-order chi connectivity index (χ0) is 35.9. The Bertz CT molecular complexity index is 1420. The van der Waals surface area contributed by atoms with Crippen molar-refractivity contribution < 1.29 is 150 Å². The van der Waals surface area contributed by atoms with E-state index in [1.54, 1.807) is 37.2 Å². The second kappa shape index (κ2) is 67.3. The van der Waals surface area contributed by atoms with Crippen molar-refractivity contribution in [1.29, 1.82) is 0 Å². The molecule has 8 radical (unpaired) electrons. The molecule has 6 rings (SSSR count). The van der Waals surface area contributed by atoms with Crippen LogP contribution in [-0.2, 0) is 231 Å². The van der Waals surface area contributed by atoms with Crippen molar-refractivity contribution in [3.05, 3.63) is 143 Å². The normalized spacial score (nSPS) is 6.84. The molecule has 0 atom stereocenters. The van der Waals surface area contributed by atoms with Crippen molar-refractivity contribution in [3.63, 3.8) is 0 Å². The maximum atomic E-state index is 5.35. The van der Waals surface area contributed by atoms with Crippen LogP contribution in [0.2, 0.25) is 0 Å². The van der Waals surface area contributed by atoms with Gasteiger partial charge in [0.15, 0.2) is 0 Å². The fourth-order valence-electron chi connectivity index (χ4n) is 3.36. The molecule has 14 nitrogen and oxygen atoms in total. The van der Waals surface area contributed by atoms with Crippen LogP contribution in [-0.4, -0.2) is 29.9 Å². The van der Waals surface area contributed by atoms with Gasteiger partial charge < -0.3 is 126 Å². The van der Waals surface area contributed by atoms with Crippen LogP contribution in [0.15, 0.2) is 110 Å². The molecule has 64 heavy (non-hydrogen) atoms. The van der Waals surface area contributed by atoms with Crippen LogP contribution in [0, 0.1) is 41.5 Å². The number of aromatic nitrogens is 6. The van der Waals surface area contributed by atoms with Gasteiger partial charge in [0.05, 0.1) is 0 Å². The minimum absolute atomic E-state index is 0. The summed E-state index contributed by atoms with van der Waals surface area (Å²) in [7, 11) is 0. The monoisotopic (exact) mass is 1350 g/mol. The van der Waals surface area contributed by atoms with Crippen LogP contribution in [0.25, 0.3) is 0 Å². The fourth-order valence-corrected chi connectivity index (χ4v) is 3.36. The summed E-state index contributed by atoms with van der Waals surface area (Å²) in [5.41, 5.74) is 39.0. The number of nitrogens with two attached hydrogens (primary N) is 6. The molecule has 12 N–H and O–H groups in total. The summed E-state index contributed by atoms with van der Waals surface area (Å²) < 4.78 is 0. The zero-order valence-corrected chi connectivity index (χ0v) is 47.9. The van der Waals surface area contributed by atoms with Gasteiger partial charge in [0.1, 0.15) is 34.9 Å². The van der Waals surface area contributed by atoms with Crippen LogP contribution in [0.5, 0.6) is 0 Å². The van der Waals surface area contributed by atoms with E-state index in [2.05, 4.69) is 29.9 Å². The predicted molar refractivity (Wildman–Crippen MR) is 246 cm³/mol. The van der Waals surface area contributed by atoms with E-state index in [0.717, 1.165) is 33.4 Å². The maximum absolute atomic E-state index is 5.35. The third-order valence-corrected chi connectivity index (χ3v) is 5.62. The second-order valence-corrected chi connectivity index (χ2v) is 10.5. The van der Waals surface area contributed by atoms with Gasteiger partial charge in [0.2, 0.25) is 0 Å². The molecule has 376 valence electrons. The van der Waals surface area contributed by atoms with Crippen molar-refractivity contribution in [2.75, 3.05) is 34.4 Å². The molecule has 0 unspecified atom stereocenters. The average molecular weight is 1360 g/mol. The second-order valence-electron chi connectivity index (χ2n) is 10.5. The van der Waals surface area contributed by atoms with E-state index in [1.807, 2.05) is 114 Å². The van der Waals surface area contributed by atoms with Gasteiger partial charge in [-0.05, 0) is 148 Å². The van der Waals surface area contributed by atoms with Gasteiger partial charge in [-0.1, -0.05) is 0 Å². The third-order valence-electron chi connectivity index (χ3n) is 5.62. The predicted octanol–water partition coefficient (Wildman–Crippen LogP) is 5.56. The Morgan fingerprint density at radius 3 is 0.406 bits per heavy atom. The first-order valence-electron chi connectivity index (χ1n) is 14.8. The van der Waals surface area contributed by atoms with Gasteiger partial charge in [-0.2, -0.15) is 0 Å². The summed E-state index contributed by atoms with van der Waals surface area (Å²) in [5, 5.41) is 0. The summed E-state index contributed by atoms with van der Waals surface area (Å²) in [6, 6.07) is 22.5. The number of anilines is 6. The minimum atomic E-state index is 0. The number of rotatable bonds is 0. The van der Waals surface area contributed by atoms with E-state index in [9.17, 15) is 0 Å². The van der Waals surface area contributed by atoms with Crippen LogP contribution < -0.4 is 34.4 Å². The molecule has 6 aromatic rings. The fraction of sp³-hybridized carbons (Fsp3) is 0.167. The van der Waals surface area contributed by atoms with Crippen molar-refractivity contribution >= 4 is 116 Å². The Morgan fingerprint density at radius 2 is 0.359 bits per heavy atom. The molecule has 6 aromatic heterocycles. The number of pyridine rings is 6. The van der Waals surface area contributed by atoms with Gasteiger partial charge in [-0.3, -0.25) is 0 Å². The number of hydrogen-bond acceptors (Lipinski definition) is 12. The molecule has 0 spiro atoms. The molecule has 0 fully saturated rings. The van der Waals surface area contributed by atoms with E-state index in [4.69, 9.17) is 34.4 Å². The van der Waals surface area contributed by atoms with E-state index in [-0.39, 0.29) is 231 Å². The van der Waals surface area contributed by atoms with Gasteiger partial charge in [-0.25, -0.2) is 29.9 Å². The van der Waals surface area contributed by atoms with Gasteiger partial charge >= 0.3 is 140 Å². The van der Waals surface area contributed by atoms with Crippen molar-refractivity contribution in [3.8, 4) is 0 Å². The van der Waals surface area contributed by atoms with E-state index in [1.165, 1.54) is 0 Å². The first kappa shape index (κ1) is 110. The summed E-state index contributed by atoms with van der Waals surface area (Å²) in [6.07, 6.45) is 10.2. The van der Waals surface area contributed by atoms with Crippen LogP contribution >= 0.6 is 0 Å². The Kier molecular flexibility index (Phi) is 116. The standard InChI is InChI=1S/6C6H8N2.6Cu.2O.6S.2V/c6*1-5-2-3-8-6(7)4-5;;;;;;;;;;;;;;;;/h6*2-4H,1H3,(H2,7,8);;;;;;;;;;;;;;;;/q;;;;;;6*+2;8*-2;2*+2. The van der Waals surface area contributed by atoms with Crippen molar-refractivity contribution in [2.24, 2.45) is 0 Å². The Morgan fingerprint density at radius 1 is 0.266 bits per heavy atom. The first-order chi connectivity index (χ1) is 22.7. The smallest absolute Gasteiger partial charge is 2.00 e. The molecule has 6 heterocycles. The summed E-state index contributed by atoms with van der Waals surface area (Å²) >= 11 is 0. The molecule has 0 saturated carbocycles. The number of nitrogen functional groups attached to an aromatic ring is 6. The molecule has 28 heteroatoms. The van der Waals surface area contributed by atoms with Gasteiger partial charge in [0, 0.05) is 37.2 Å². The topological polar surface area (TPSA) is 290 Å². The Labute approximate surface area is 509 Å². The minimum Gasteiger partial charge on any atom is -2.00 e. The largest absolute Gasteiger partial charge is 2.00 e. The van der Waals surface area contributed by atoms with Gasteiger partial charge in [-0.15, -0.1) is 0 Å². The van der Waals surface area contributed by atoms with Crippen LogP contribution in [0.1, 0.15) is 33.4 Å². The summed E-state index contributed by atoms with van der Waals surface area (Å²) in [5.74, 6) is 3.53. The van der Waals surface area contributed by atoms with Crippen molar-refractivity contribution in [1.82, 2.24) is 29.9 Å². The number of hydrogen-bond donors (Lipinski definition) is 6. The zero-order valence-electron chi connectivity index (χ0n) is 34.5. The number of nitrogens with zero attached hydrogens (tertiary/aromatic N) is 6. The van der Waals surface area contributed by atoms with Crippen molar-refractivity contribution in [2.45, 2.75) is 41.5 Å². The Hall–Kier alpha value is 0.00571. The molecule has 0 bridgehead atoms. The molecule has 0 aliphatic heterocycles. The van der Waals surface area contributed by atoms with E-state index in [0.29, 0.717) is 34.9 Å². The first-order valence-corrected chi connectivity index (χ1v) is 14.8. The molecule has 0 aliphatic carbocycles. The van der Waals surface area contributed by atoms with E-state index >= 15 is 0 Å². The Balaban J connectivity index is -0.0000000294. The van der Waals surface area contributed by atoms with E-state index < -0.39 is 0 Å². The molecule has 0 saturated heterocycles. The molecule has 0 amide bonds. The SMILES string of the molecule is Cc1ccnc(N)c1.Cc1ccnc(N)c1.Cc1ccnc(N)c1.Cc1ccnc(N)c1.Cc1ccnc(N)c1.Cc1ccnc(N)c1.[Cu+2].[Cu+2].[Cu+2].[Cu+2].[Cu+2].[Cu+2].[O-2].[O-2].[S-2].[S-2].[S-2].[S-2].[S-2].[S-2].[V+2].[V+2]. The van der Waals surface area contributed by atoms with Gasteiger partial charge in [0.25, 0.3) is 0 Å². The average Bonchev–Trinajstić information content (AvgIpc) is 2.98. The maximum Gasteiger partial charge on any atom is 2.00 e. The molecular weight excluding hydrogens is 1310 g/mol. The number of aryl methyl sites for hydroxylation is 6. The van der Waals surface area contributed by atoms with Crippen LogP contribution in [0.4, 0.5) is 34.9 Å². The quantitative estimate of drug-likeness (QED) is 0.102. The molecular formula is C36H48Cu6N12O2S6V2.